The lowest BCUT2D eigenvalue weighted by Crippen LogP contribution is -2.16. The average Bonchev–Trinajstić information content (AvgIpc) is 2.40. The zero-order valence-electron chi connectivity index (χ0n) is 11.4. The van der Waals surface area contributed by atoms with Gasteiger partial charge >= 0.3 is 5.97 Å². The highest BCUT2D eigenvalue weighted by atomic mass is 32.2. The molecule has 0 bridgehead atoms. The van der Waals surface area contributed by atoms with Crippen LogP contribution in [-0.2, 0) is 10.5 Å². The minimum absolute atomic E-state index is 0.111. The molecule has 0 radical (unpaired) electrons. The van der Waals surface area contributed by atoms with Gasteiger partial charge in [-0.15, -0.1) is 0 Å². The number of pyridine rings is 1. The fourth-order valence-corrected chi connectivity index (χ4v) is 2.77. The maximum absolute atomic E-state index is 12.0. The number of carboxylic acid groups (broad SMARTS) is 1. The molecule has 2 aromatic rings. The molecule has 2 heterocycles. The Balaban J connectivity index is 2.18. The third kappa shape index (κ3) is 3.19. The quantitative estimate of drug-likeness (QED) is 0.912. The molecule has 1 N–H and O–H groups in total. The summed E-state index contributed by atoms with van der Waals surface area (Å²) < 4.78 is 1.52. The summed E-state index contributed by atoms with van der Waals surface area (Å²) in [5.74, 6) is -0.162. The van der Waals surface area contributed by atoms with E-state index in [1.54, 1.807) is 13.1 Å². The molecule has 6 heteroatoms. The van der Waals surface area contributed by atoms with Crippen LogP contribution in [0.3, 0.4) is 0 Å². The number of fused-ring (bicyclic) bond motifs is 1. The lowest BCUT2D eigenvalue weighted by atomic mass is 10.2. The smallest absolute Gasteiger partial charge is 0.307 e. The van der Waals surface area contributed by atoms with E-state index in [2.05, 4.69) is 4.98 Å². The summed E-state index contributed by atoms with van der Waals surface area (Å²) in [4.78, 5) is 27.2. The number of aryl methyl sites for hydroxylation is 1. The zero-order chi connectivity index (χ0) is 14.7. The Morgan fingerprint density at radius 3 is 3.00 bits per heavy atom. The van der Waals surface area contributed by atoms with Crippen molar-refractivity contribution in [2.45, 2.75) is 19.6 Å². The highest BCUT2D eigenvalue weighted by Crippen LogP contribution is 2.15. The molecule has 1 unspecified atom stereocenters. The van der Waals surface area contributed by atoms with E-state index < -0.39 is 11.9 Å². The second kappa shape index (κ2) is 6.09. The van der Waals surface area contributed by atoms with Gasteiger partial charge in [-0.05, 0) is 18.6 Å². The second-order valence-corrected chi connectivity index (χ2v) is 5.76. The molecular formula is C14H16N2O3S. The Morgan fingerprint density at radius 2 is 2.30 bits per heavy atom. The van der Waals surface area contributed by atoms with E-state index in [1.165, 1.54) is 22.2 Å². The highest BCUT2D eigenvalue weighted by molar-refractivity contribution is 7.98. The van der Waals surface area contributed by atoms with Crippen molar-refractivity contribution in [1.82, 2.24) is 9.38 Å². The van der Waals surface area contributed by atoms with Gasteiger partial charge in [-0.1, -0.05) is 13.0 Å². The first-order chi connectivity index (χ1) is 9.49. The SMILES string of the molecule is Cc1cccn2c(=O)cc(CSCC(C)C(=O)O)nc12. The minimum atomic E-state index is -0.806. The van der Waals surface area contributed by atoms with Gasteiger partial charge in [0.25, 0.3) is 5.56 Å². The normalized spacial score (nSPS) is 12.5. The largest absolute Gasteiger partial charge is 0.481 e. The van der Waals surface area contributed by atoms with Gasteiger partial charge in [-0.2, -0.15) is 11.8 Å². The van der Waals surface area contributed by atoms with Gasteiger partial charge in [0.05, 0.1) is 11.6 Å². The van der Waals surface area contributed by atoms with Crippen molar-refractivity contribution in [3.63, 3.8) is 0 Å². The zero-order valence-corrected chi connectivity index (χ0v) is 12.2. The lowest BCUT2D eigenvalue weighted by Gasteiger charge is -2.07. The van der Waals surface area contributed by atoms with Crippen LogP contribution in [0.2, 0.25) is 0 Å². The van der Waals surface area contributed by atoms with Gasteiger partial charge in [0.1, 0.15) is 5.65 Å². The van der Waals surface area contributed by atoms with Crippen molar-refractivity contribution in [2.24, 2.45) is 5.92 Å². The van der Waals surface area contributed by atoms with Crippen LogP contribution in [0.1, 0.15) is 18.2 Å². The third-order valence-electron chi connectivity index (χ3n) is 2.98. The van der Waals surface area contributed by atoms with Crippen molar-refractivity contribution in [1.29, 1.82) is 0 Å². The molecule has 5 nitrogen and oxygen atoms in total. The van der Waals surface area contributed by atoms with Gasteiger partial charge in [-0.3, -0.25) is 14.0 Å². The van der Waals surface area contributed by atoms with Crippen LogP contribution in [0.5, 0.6) is 0 Å². The van der Waals surface area contributed by atoms with E-state index in [4.69, 9.17) is 5.11 Å². The fraction of sp³-hybridized carbons (Fsp3) is 0.357. The average molecular weight is 292 g/mol. The summed E-state index contributed by atoms with van der Waals surface area (Å²) in [7, 11) is 0. The molecule has 0 spiro atoms. The Labute approximate surface area is 120 Å². The van der Waals surface area contributed by atoms with Crippen LogP contribution in [0.4, 0.5) is 0 Å². The first-order valence-electron chi connectivity index (χ1n) is 6.27. The molecular weight excluding hydrogens is 276 g/mol. The molecule has 0 aliphatic heterocycles. The first kappa shape index (κ1) is 14.6. The van der Waals surface area contributed by atoms with Gasteiger partial charge in [0.15, 0.2) is 0 Å². The van der Waals surface area contributed by atoms with E-state index >= 15 is 0 Å². The van der Waals surface area contributed by atoms with Crippen molar-refractivity contribution in [3.8, 4) is 0 Å². The molecule has 0 aliphatic rings. The molecule has 2 rings (SSSR count). The summed E-state index contributed by atoms with van der Waals surface area (Å²) in [6.07, 6.45) is 1.70. The van der Waals surface area contributed by atoms with Crippen LogP contribution in [0.25, 0.3) is 5.65 Å². The topological polar surface area (TPSA) is 71.7 Å². The van der Waals surface area contributed by atoms with Crippen molar-refractivity contribution in [2.75, 3.05) is 5.75 Å². The predicted molar refractivity (Wildman–Crippen MR) is 79.2 cm³/mol. The van der Waals surface area contributed by atoms with Crippen LogP contribution in [0, 0.1) is 12.8 Å². The van der Waals surface area contributed by atoms with Gasteiger partial charge in [0.2, 0.25) is 0 Å². The van der Waals surface area contributed by atoms with Gasteiger partial charge in [-0.25, -0.2) is 4.98 Å². The standard InChI is InChI=1S/C14H16N2O3S/c1-9-4-3-5-16-12(17)6-11(15-13(9)16)8-20-7-10(2)14(18)19/h3-6,10H,7-8H2,1-2H3,(H,18,19). The molecule has 1 atom stereocenters. The van der Waals surface area contributed by atoms with Crippen LogP contribution in [-0.4, -0.2) is 26.2 Å². The number of nitrogens with zero attached hydrogens (tertiary/aromatic N) is 2. The first-order valence-corrected chi connectivity index (χ1v) is 7.43. The summed E-state index contributed by atoms with van der Waals surface area (Å²) >= 11 is 1.47. The number of aromatic nitrogens is 2. The Morgan fingerprint density at radius 1 is 1.55 bits per heavy atom. The van der Waals surface area contributed by atoms with E-state index in [1.807, 2.05) is 19.1 Å². The van der Waals surface area contributed by atoms with E-state index in [-0.39, 0.29) is 5.56 Å². The molecule has 0 amide bonds. The maximum Gasteiger partial charge on any atom is 0.307 e. The summed E-state index contributed by atoms with van der Waals surface area (Å²) in [6.45, 7) is 3.58. The number of rotatable bonds is 5. The number of hydrogen-bond donors (Lipinski definition) is 1. The fourth-order valence-electron chi connectivity index (χ4n) is 1.79. The second-order valence-electron chi connectivity index (χ2n) is 4.72. The van der Waals surface area contributed by atoms with E-state index in [0.29, 0.717) is 22.8 Å². The summed E-state index contributed by atoms with van der Waals surface area (Å²) in [6, 6.07) is 5.23. The number of carbonyl (C=O) groups is 1. The summed E-state index contributed by atoms with van der Waals surface area (Å²) in [5.41, 5.74) is 2.17. The van der Waals surface area contributed by atoms with Crippen molar-refractivity contribution < 1.29 is 9.90 Å². The van der Waals surface area contributed by atoms with Crippen LogP contribution in [0.15, 0.2) is 29.2 Å². The van der Waals surface area contributed by atoms with Crippen LogP contribution < -0.4 is 5.56 Å². The predicted octanol–water partition coefficient (Wildman–Crippen LogP) is 1.96. The molecule has 0 saturated heterocycles. The van der Waals surface area contributed by atoms with Gasteiger partial charge in [0, 0.05) is 23.8 Å². The number of thioether (sulfide) groups is 1. The van der Waals surface area contributed by atoms with Crippen molar-refractivity contribution >= 4 is 23.4 Å². The Hall–Kier alpha value is -1.82. The molecule has 0 fully saturated rings. The number of aliphatic carboxylic acids is 1. The third-order valence-corrected chi connectivity index (χ3v) is 4.21. The Bertz CT molecular complexity index is 696. The lowest BCUT2D eigenvalue weighted by molar-refractivity contribution is -0.140. The molecule has 106 valence electrons. The van der Waals surface area contributed by atoms with E-state index in [9.17, 15) is 9.59 Å². The molecule has 20 heavy (non-hydrogen) atoms. The Kier molecular flexibility index (Phi) is 4.44. The molecule has 2 aromatic heterocycles. The van der Waals surface area contributed by atoms with Gasteiger partial charge < -0.3 is 5.11 Å². The monoisotopic (exact) mass is 292 g/mol. The van der Waals surface area contributed by atoms with E-state index in [0.717, 1.165) is 5.56 Å². The van der Waals surface area contributed by atoms with Crippen LogP contribution >= 0.6 is 11.8 Å². The highest BCUT2D eigenvalue weighted by Gasteiger charge is 2.11. The minimum Gasteiger partial charge on any atom is -0.481 e. The number of carboxylic acids is 1. The number of hydrogen-bond acceptors (Lipinski definition) is 4. The molecule has 0 saturated carbocycles. The molecule has 0 aromatic carbocycles. The maximum atomic E-state index is 12.0. The molecule has 0 aliphatic carbocycles. The van der Waals surface area contributed by atoms with Crippen molar-refractivity contribution in [3.05, 3.63) is 46.0 Å². The summed E-state index contributed by atoms with van der Waals surface area (Å²) in [5, 5.41) is 8.82.